The molecule has 0 aliphatic carbocycles. The first-order valence-corrected chi connectivity index (χ1v) is 4.95. The molecule has 0 heterocycles. The number of hydrogen-bond donors (Lipinski definition) is 0. The number of carbonyl (C=O) groups is 1. The van der Waals surface area contributed by atoms with Crippen LogP contribution < -0.4 is 0 Å². The quantitative estimate of drug-likeness (QED) is 0.800. The van der Waals surface area contributed by atoms with Gasteiger partial charge in [-0.25, -0.2) is 4.39 Å². The molecule has 0 bridgehead atoms. The lowest BCUT2D eigenvalue weighted by Gasteiger charge is -2.15. The van der Waals surface area contributed by atoms with Crippen molar-refractivity contribution in [3.8, 4) is 0 Å². The van der Waals surface area contributed by atoms with Gasteiger partial charge in [-0.15, -0.1) is 0 Å². The van der Waals surface area contributed by atoms with Crippen LogP contribution in [0.4, 0.5) is 4.39 Å². The Kier molecular flexibility index (Phi) is 3.63. The van der Waals surface area contributed by atoms with Crippen LogP contribution in [-0.4, -0.2) is 17.9 Å². The SMILES string of the molecule is CC(=O)N(C)Cc1cc(Br)ccc1F. The van der Waals surface area contributed by atoms with Crippen LogP contribution >= 0.6 is 15.9 Å². The summed E-state index contributed by atoms with van der Waals surface area (Å²) in [6, 6.07) is 4.69. The highest BCUT2D eigenvalue weighted by Crippen LogP contribution is 2.16. The average molecular weight is 260 g/mol. The molecular weight excluding hydrogens is 249 g/mol. The van der Waals surface area contributed by atoms with Gasteiger partial charge in [0.05, 0.1) is 0 Å². The zero-order valence-electron chi connectivity index (χ0n) is 8.05. The maximum absolute atomic E-state index is 13.2. The number of nitrogens with zero attached hydrogens (tertiary/aromatic N) is 1. The molecule has 1 aromatic carbocycles. The van der Waals surface area contributed by atoms with Crippen LogP contribution in [0.5, 0.6) is 0 Å². The van der Waals surface area contributed by atoms with Crippen LogP contribution in [0.15, 0.2) is 22.7 Å². The molecule has 0 aliphatic heterocycles. The van der Waals surface area contributed by atoms with Gasteiger partial charge in [0.25, 0.3) is 0 Å². The molecule has 76 valence electrons. The van der Waals surface area contributed by atoms with Gasteiger partial charge in [-0.05, 0) is 18.2 Å². The summed E-state index contributed by atoms with van der Waals surface area (Å²) < 4.78 is 14.0. The first kappa shape index (κ1) is 11.2. The molecule has 0 spiro atoms. The van der Waals surface area contributed by atoms with Gasteiger partial charge in [0, 0.05) is 30.6 Å². The summed E-state index contributed by atoms with van der Waals surface area (Å²) >= 11 is 3.25. The second kappa shape index (κ2) is 4.55. The Bertz CT molecular complexity index is 354. The van der Waals surface area contributed by atoms with Crippen LogP contribution in [0.25, 0.3) is 0 Å². The topological polar surface area (TPSA) is 20.3 Å². The van der Waals surface area contributed by atoms with Gasteiger partial charge in [0.1, 0.15) is 5.82 Å². The van der Waals surface area contributed by atoms with Gasteiger partial charge in [0.15, 0.2) is 0 Å². The van der Waals surface area contributed by atoms with E-state index in [1.165, 1.54) is 17.9 Å². The lowest BCUT2D eigenvalue weighted by atomic mass is 10.2. The number of benzene rings is 1. The highest BCUT2D eigenvalue weighted by molar-refractivity contribution is 9.10. The minimum Gasteiger partial charge on any atom is -0.342 e. The summed E-state index contributed by atoms with van der Waals surface area (Å²) in [7, 11) is 1.64. The molecule has 1 rings (SSSR count). The third-order valence-corrected chi connectivity index (χ3v) is 2.45. The molecular formula is C10H11BrFNO. The summed E-state index contributed by atoms with van der Waals surface area (Å²) in [6.45, 7) is 1.75. The van der Waals surface area contributed by atoms with Crippen molar-refractivity contribution in [2.24, 2.45) is 0 Å². The molecule has 4 heteroatoms. The second-order valence-corrected chi connectivity index (χ2v) is 4.03. The predicted octanol–water partition coefficient (Wildman–Crippen LogP) is 2.57. The normalized spacial score (nSPS) is 10.0. The van der Waals surface area contributed by atoms with E-state index < -0.39 is 0 Å². The fourth-order valence-electron chi connectivity index (χ4n) is 1.03. The van der Waals surface area contributed by atoms with Gasteiger partial charge < -0.3 is 4.90 Å². The maximum Gasteiger partial charge on any atom is 0.219 e. The number of hydrogen-bond acceptors (Lipinski definition) is 1. The molecule has 0 radical (unpaired) electrons. The van der Waals surface area contributed by atoms with Crippen LogP contribution in [-0.2, 0) is 11.3 Å². The van der Waals surface area contributed by atoms with Gasteiger partial charge in [-0.1, -0.05) is 15.9 Å². The molecule has 0 atom stereocenters. The second-order valence-electron chi connectivity index (χ2n) is 3.11. The van der Waals surface area contributed by atoms with E-state index in [0.29, 0.717) is 12.1 Å². The number of rotatable bonds is 2. The maximum atomic E-state index is 13.2. The third-order valence-electron chi connectivity index (χ3n) is 1.95. The standard InChI is InChI=1S/C10H11BrFNO/c1-7(14)13(2)6-8-5-9(11)3-4-10(8)12/h3-5H,6H2,1-2H3. The van der Waals surface area contributed by atoms with E-state index in [0.717, 1.165) is 4.47 Å². The number of halogens is 2. The Morgan fingerprint density at radius 2 is 2.21 bits per heavy atom. The third kappa shape index (κ3) is 2.80. The van der Waals surface area contributed by atoms with E-state index in [1.807, 2.05) is 0 Å². The molecule has 0 saturated heterocycles. The van der Waals surface area contributed by atoms with Crippen LogP contribution in [0.3, 0.4) is 0 Å². The molecule has 0 aliphatic rings. The molecule has 0 aromatic heterocycles. The molecule has 0 unspecified atom stereocenters. The van der Waals surface area contributed by atoms with Crippen molar-refractivity contribution in [2.45, 2.75) is 13.5 Å². The minimum absolute atomic E-state index is 0.0793. The average Bonchev–Trinajstić information content (AvgIpc) is 2.11. The van der Waals surface area contributed by atoms with Crippen molar-refractivity contribution in [3.05, 3.63) is 34.1 Å². The van der Waals surface area contributed by atoms with Gasteiger partial charge in [-0.2, -0.15) is 0 Å². The van der Waals surface area contributed by atoms with E-state index in [9.17, 15) is 9.18 Å². The Labute approximate surface area is 90.8 Å². The minimum atomic E-state index is -0.290. The summed E-state index contributed by atoms with van der Waals surface area (Å²) in [4.78, 5) is 12.4. The summed E-state index contributed by atoms with van der Waals surface area (Å²) in [6.07, 6.45) is 0. The first-order valence-electron chi connectivity index (χ1n) is 4.16. The van der Waals surface area contributed by atoms with E-state index in [1.54, 1.807) is 19.2 Å². The van der Waals surface area contributed by atoms with Crippen molar-refractivity contribution >= 4 is 21.8 Å². The van der Waals surface area contributed by atoms with E-state index >= 15 is 0 Å². The van der Waals surface area contributed by atoms with Crippen molar-refractivity contribution in [1.29, 1.82) is 0 Å². The molecule has 14 heavy (non-hydrogen) atoms. The van der Waals surface area contributed by atoms with Crippen LogP contribution in [0, 0.1) is 5.82 Å². The monoisotopic (exact) mass is 259 g/mol. The van der Waals surface area contributed by atoms with E-state index in [2.05, 4.69) is 15.9 Å². The number of carbonyl (C=O) groups excluding carboxylic acids is 1. The summed E-state index contributed by atoms with van der Waals surface area (Å²) in [5.41, 5.74) is 0.511. The molecule has 1 aromatic rings. The van der Waals surface area contributed by atoms with Crippen LogP contribution in [0.2, 0.25) is 0 Å². The largest absolute Gasteiger partial charge is 0.342 e. The zero-order valence-corrected chi connectivity index (χ0v) is 9.64. The van der Waals surface area contributed by atoms with Crippen molar-refractivity contribution in [2.75, 3.05) is 7.05 Å². The first-order chi connectivity index (χ1) is 6.50. The molecule has 0 N–H and O–H groups in total. The van der Waals surface area contributed by atoms with Crippen molar-refractivity contribution in [3.63, 3.8) is 0 Å². The van der Waals surface area contributed by atoms with E-state index in [4.69, 9.17) is 0 Å². The van der Waals surface area contributed by atoms with Gasteiger partial charge in [0.2, 0.25) is 5.91 Å². The lowest BCUT2D eigenvalue weighted by molar-refractivity contribution is -0.128. The highest BCUT2D eigenvalue weighted by Gasteiger charge is 2.07. The van der Waals surface area contributed by atoms with Gasteiger partial charge >= 0.3 is 0 Å². The van der Waals surface area contributed by atoms with E-state index in [-0.39, 0.29) is 11.7 Å². The van der Waals surface area contributed by atoms with Crippen molar-refractivity contribution < 1.29 is 9.18 Å². The predicted molar refractivity (Wildman–Crippen MR) is 56.2 cm³/mol. The lowest BCUT2D eigenvalue weighted by Crippen LogP contribution is -2.23. The van der Waals surface area contributed by atoms with Crippen LogP contribution in [0.1, 0.15) is 12.5 Å². The summed E-state index contributed by atoms with van der Waals surface area (Å²) in [5.74, 6) is -0.370. The Hall–Kier alpha value is -0.900. The molecule has 1 amide bonds. The molecule has 2 nitrogen and oxygen atoms in total. The Morgan fingerprint density at radius 1 is 1.57 bits per heavy atom. The fraction of sp³-hybridized carbons (Fsp3) is 0.300. The number of amides is 1. The Morgan fingerprint density at radius 3 is 2.79 bits per heavy atom. The zero-order chi connectivity index (χ0) is 10.7. The fourth-order valence-corrected chi connectivity index (χ4v) is 1.44. The van der Waals surface area contributed by atoms with Crippen molar-refractivity contribution in [1.82, 2.24) is 4.90 Å². The summed E-state index contributed by atoms with van der Waals surface area (Å²) in [5, 5.41) is 0. The smallest absolute Gasteiger partial charge is 0.219 e. The Balaban J connectivity index is 2.85. The van der Waals surface area contributed by atoms with Gasteiger partial charge in [-0.3, -0.25) is 4.79 Å². The molecule has 0 fully saturated rings. The molecule has 0 saturated carbocycles. The highest BCUT2D eigenvalue weighted by atomic mass is 79.9.